The number of aryl methyl sites for hydroxylation is 1. The van der Waals surface area contributed by atoms with E-state index in [4.69, 9.17) is 4.74 Å². The number of nitrogens with one attached hydrogen (secondary N) is 1. The normalized spacial score (nSPS) is 22.4. The van der Waals surface area contributed by atoms with Crippen LogP contribution >= 0.6 is 0 Å². The summed E-state index contributed by atoms with van der Waals surface area (Å²) in [7, 11) is 0. The minimum absolute atomic E-state index is 0.0104. The number of rotatable bonds is 4. The Morgan fingerprint density at radius 3 is 2.84 bits per heavy atom. The first-order chi connectivity index (χ1) is 9.19. The smallest absolute Gasteiger partial charge is 0.213 e. The molecule has 0 bridgehead atoms. The number of Topliss-reactive ketones (excluding diaryl/α,β-unsaturated/α-hetero) is 1. The van der Waals surface area contributed by atoms with Crippen molar-refractivity contribution in [3.8, 4) is 0 Å². The summed E-state index contributed by atoms with van der Waals surface area (Å²) in [6, 6.07) is 8.39. The summed E-state index contributed by atoms with van der Waals surface area (Å²) < 4.78 is 5.68. The zero-order valence-corrected chi connectivity index (χ0v) is 11.0. The maximum atomic E-state index is 12.4. The van der Waals surface area contributed by atoms with Crippen LogP contribution in [0, 0.1) is 6.92 Å². The van der Waals surface area contributed by atoms with Gasteiger partial charge >= 0.3 is 0 Å². The van der Waals surface area contributed by atoms with Gasteiger partial charge in [0.1, 0.15) is 0 Å². The average molecular weight is 255 g/mol. The fourth-order valence-corrected chi connectivity index (χ4v) is 2.24. The molecule has 1 atom stereocenters. The Hall–Kier alpha value is -2.03. The second kappa shape index (κ2) is 4.57. The SMILES string of the molecule is C=CC1OC(NC2CC2)=C(c2cccc(C)c2)C1=O. The average Bonchev–Trinajstić information content (AvgIpc) is 3.13. The number of hydrogen-bond donors (Lipinski definition) is 1. The quantitative estimate of drug-likeness (QED) is 0.840. The summed E-state index contributed by atoms with van der Waals surface area (Å²) in [4.78, 5) is 12.4. The van der Waals surface area contributed by atoms with Gasteiger partial charge in [-0.25, -0.2) is 0 Å². The molecular weight excluding hydrogens is 238 g/mol. The Labute approximate surface area is 113 Å². The lowest BCUT2D eigenvalue weighted by molar-refractivity contribution is -0.118. The third-order valence-electron chi connectivity index (χ3n) is 3.41. The molecule has 1 aliphatic heterocycles. The lowest BCUT2D eigenvalue weighted by Crippen LogP contribution is -2.18. The van der Waals surface area contributed by atoms with Crippen molar-refractivity contribution in [3.05, 3.63) is 53.9 Å². The van der Waals surface area contributed by atoms with Crippen LogP contribution in [0.4, 0.5) is 0 Å². The van der Waals surface area contributed by atoms with E-state index in [0.717, 1.165) is 24.0 Å². The van der Waals surface area contributed by atoms with E-state index in [1.165, 1.54) is 0 Å². The van der Waals surface area contributed by atoms with Gasteiger partial charge in [0.05, 0.1) is 5.57 Å². The zero-order valence-electron chi connectivity index (χ0n) is 11.0. The van der Waals surface area contributed by atoms with Gasteiger partial charge in [-0.05, 0) is 31.4 Å². The molecule has 2 aliphatic rings. The Bertz CT molecular complexity index is 570. The number of carbonyl (C=O) groups excluding carboxylic acids is 1. The topological polar surface area (TPSA) is 38.3 Å². The van der Waals surface area contributed by atoms with E-state index in [1.54, 1.807) is 6.08 Å². The number of ketones is 1. The minimum atomic E-state index is -0.559. The van der Waals surface area contributed by atoms with Crippen molar-refractivity contribution in [1.82, 2.24) is 5.32 Å². The summed E-state index contributed by atoms with van der Waals surface area (Å²) in [6.45, 7) is 5.68. The molecule has 0 amide bonds. The Morgan fingerprint density at radius 2 is 2.21 bits per heavy atom. The molecule has 98 valence electrons. The predicted octanol–water partition coefficient (Wildman–Crippen LogP) is 2.57. The van der Waals surface area contributed by atoms with E-state index in [1.807, 2.05) is 31.2 Å². The first-order valence-corrected chi connectivity index (χ1v) is 6.60. The van der Waals surface area contributed by atoms with Crippen molar-refractivity contribution >= 4 is 11.4 Å². The Morgan fingerprint density at radius 1 is 1.42 bits per heavy atom. The molecule has 0 radical (unpaired) electrons. The minimum Gasteiger partial charge on any atom is -0.463 e. The van der Waals surface area contributed by atoms with Crippen LogP contribution in [0.25, 0.3) is 5.57 Å². The molecule has 3 rings (SSSR count). The van der Waals surface area contributed by atoms with Gasteiger partial charge in [0.25, 0.3) is 0 Å². The van der Waals surface area contributed by atoms with Crippen molar-refractivity contribution in [1.29, 1.82) is 0 Å². The molecule has 1 heterocycles. The highest BCUT2D eigenvalue weighted by atomic mass is 16.5. The summed E-state index contributed by atoms with van der Waals surface area (Å²) in [5.41, 5.74) is 2.70. The van der Waals surface area contributed by atoms with Gasteiger partial charge in [0.15, 0.2) is 12.0 Å². The lowest BCUT2D eigenvalue weighted by Gasteiger charge is -2.09. The third-order valence-corrected chi connectivity index (χ3v) is 3.41. The van der Waals surface area contributed by atoms with Gasteiger partial charge in [-0.1, -0.05) is 36.4 Å². The van der Waals surface area contributed by atoms with E-state index in [2.05, 4.69) is 11.9 Å². The molecule has 3 heteroatoms. The van der Waals surface area contributed by atoms with E-state index in [-0.39, 0.29) is 5.78 Å². The highest BCUT2D eigenvalue weighted by molar-refractivity contribution is 6.25. The molecule has 1 unspecified atom stereocenters. The molecule has 1 saturated carbocycles. The fraction of sp³-hybridized carbons (Fsp3) is 0.312. The van der Waals surface area contributed by atoms with Gasteiger partial charge in [-0.2, -0.15) is 0 Å². The second-order valence-corrected chi connectivity index (χ2v) is 5.13. The van der Waals surface area contributed by atoms with Crippen LogP contribution in [0.1, 0.15) is 24.0 Å². The summed E-state index contributed by atoms with van der Waals surface area (Å²) in [5.74, 6) is 0.603. The van der Waals surface area contributed by atoms with Crippen molar-refractivity contribution in [3.63, 3.8) is 0 Å². The summed E-state index contributed by atoms with van der Waals surface area (Å²) in [6.07, 6.45) is 3.28. The van der Waals surface area contributed by atoms with Gasteiger partial charge < -0.3 is 10.1 Å². The van der Waals surface area contributed by atoms with Crippen molar-refractivity contribution in [2.45, 2.75) is 31.9 Å². The predicted molar refractivity (Wildman–Crippen MR) is 74.3 cm³/mol. The summed E-state index contributed by atoms with van der Waals surface area (Å²) >= 11 is 0. The largest absolute Gasteiger partial charge is 0.463 e. The van der Waals surface area contributed by atoms with Gasteiger partial charge in [0.2, 0.25) is 5.78 Å². The Kier molecular flexibility index (Phi) is 2.90. The second-order valence-electron chi connectivity index (χ2n) is 5.13. The molecule has 1 fully saturated rings. The van der Waals surface area contributed by atoms with Crippen LogP contribution in [0.3, 0.4) is 0 Å². The number of carbonyl (C=O) groups is 1. The zero-order chi connectivity index (χ0) is 13.4. The lowest BCUT2D eigenvalue weighted by atomic mass is 9.99. The highest BCUT2D eigenvalue weighted by Crippen LogP contribution is 2.32. The molecule has 0 saturated heterocycles. The monoisotopic (exact) mass is 255 g/mol. The maximum Gasteiger partial charge on any atom is 0.213 e. The third kappa shape index (κ3) is 2.28. The fourth-order valence-electron chi connectivity index (χ4n) is 2.24. The molecule has 3 nitrogen and oxygen atoms in total. The summed E-state index contributed by atoms with van der Waals surface area (Å²) in [5, 5.41) is 3.30. The molecule has 1 aromatic carbocycles. The number of benzene rings is 1. The molecule has 0 spiro atoms. The highest BCUT2D eigenvalue weighted by Gasteiger charge is 2.36. The van der Waals surface area contributed by atoms with Gasteiger partial charge in [0, 0.05) is 6.04 Å². The van der Waals surface area contributed by atoms with Crippen LogP contribution < -0.4 is 5.32 Å². The van der Waals surface area contributed by atoms with Crippen LogP contribution in [0.2, 0.25) is 0 Å². The molecule has 0 aromatic heterocycles. The van der Waals surface area contributed by atoms with E-state index >= 15 is 0 Å². The molecule has 1 aromatic rings. The van der Waals surface area contributed by atoms with Crippen molar-refractivity contribution < 1.29 is 9.53 Å². The van der Waals surface area contributed by atoms with Gasteiger partial charge in [-0.3, -0.25) is 4.79 Å². The molecule has 1 N–H and O–H groups in total. The van der Waals surface area contributed by atoms with E-state index < -0.39 is 6.10 Å². The standard InChI is InChI=1S/C16H17NO2/c1-3-13-15(18)14(11-6-4-5-10(2)9-11)16(19-13)17-12-7-8-12/h3-6,9,12-13,17H,1,7-8H2,2H3. The van der Waals surface area contributed by atoms with E-state index in [0.29, 0.717) is 17.5 Å². The molecule has 19 heavy (non-hydrogen) atoms. The maximum absolute atomic E-state index is 12.4. The van der Waals surface area contributed by atoms with Crippen LogP contribution in [0.15, 0.2) is 42.8 Å². The molecule has 1 aliphatic carbocycles. The van der Waals surface area contributed by atoms with Crippen LogP contribution in [0.5, 0.6) is 0 Å². The van der Waals surface area contributed by atoms with Crippen molar-refractivity contribution in [2.75, 3.05) is 0 Å². The van der Waals surface area contributed by atoms with Crippen LogP contribution in [-0.2, 0) is 9.53 Å². The van der Waals surface area contributed by atoms with Crippen LogP contribution in [-0.4, -0.2) is 17.9 Å². The van der Waals surface area contributed by atoms with Crippen molar-refractivity contribution in [2.24, 2.45) is 0 Å². The number of hydrogen-bond acceptors (Lipinski definition) is 3. The first kappa shape index (κ1) is 12.0. The molecular formula is C16H17NO2. The first-order valence-electron chi connectivity index (χ1n) is 6.60. The van der Waals surface area contributed by atoms with Gasteiger partial charge in [-0.15, -0.1) is 0 Å². The number of ether oxygens (including phenoxy) is 1. The Balaban J connectivity index is 2.00. The van der Waals surface area contributed by atoms with E-state index in [9.17, 15) is 4.79 Å².